The van der Waals surface area contributed by atoms with E-state index in [1.165, 1.54) is 6.07 Å². The number of carbonyl (C=O) groups is 1. The highest BCUT2D eigenvalue weighted by Gasteiger charge is 2.17. The lowest BCUT2D eigenvalue weighted by atomic mass is 10.1. The molecule has 2 rings (SSSR count). The van der Waals surface area contributed by atoms with Crippen molar-refractivity contribution < 1.29 is 22.2 Å². The van der Waals surface area contributed by atoms with E-state index in [1.54, 1.807) is 12.1 Å². The van der Waals surface area contributed by atoms with Gasteiger partial charge in [0.1, 0.15) is 10.7 Å². The highest BCUT2D eigenvalue weighted by Crippen LogP contribution is 2.20. The van der Waals surface area contributed by atoms with Gasteiger partial charge in [0.2, 0.25) is 0 Å². The van der Waals surface area contributed by atoms with Crippen molar-refractivity contribution >= 4 is 21.7 Å². The molecule has 1 amide bonds. The Morgan fingerprint density at radius 3 is 2.42 bits per heavy atom. The van der Waals surface area contributed by atoms with Gasteiger partial charge in [0, 0.05) is 11.3 Å². The number of benzene rings is 2. The van der Waals surface area contributed by atoms with Gasteiger partial charge in [0.25, 0.3) is 16.0 Å². The van der Waals surface area contributed by atoms with Crippen molar-refractivity contribution in [2.24, 2.45) is 0 Å². The fraction of sp³-hybridized carbons (Fsp3) is 0.235. The van der Waals surface area contributed by atoms with E-state index < -0.39 is 26.7 Å². The number of carbonyl (C=O) groups excluding carboxylic acids is 1. The van der Waals surface area contributed by atoms with Crippen LogP contribution in [0.5, 0.6) is 0 Å². The summed E-state index contributed by atoms with van der Waals surface area (Å²) in [6.07, 6.45) is 3.09. The molecule has 0 saturated carbocycles. The molecule has 2 N–H and O–H groups in total. The Morgan fingerprint density at radius 2 is 1.83 bits per heavy atom. The second-order valence-corrected chi connectivity index (χ2v) is 6.76. The molecule has 0 unspecified atom stereocenters. The van der Waals surface area contributed by atoms with E-state index in [2.05, 4.69) is 12.2 Å². The van der Waals surface area contributed by atoms with Crippen LogP contribution in [0.2, 0.25) is 0 Å². The minimum Gasteiger partial charge on any atom is -0.322 e. The van der Waals surface area contributed by atoms with Crippen molar-refractivity contribution in [3.63, 3.8) is 0 Å². The third kappa shape index (κ3) is 4.62. The summed E-state index contributed by atoms with van der Waals surface area (Å²) in [7, 11) is -4.70. The maximum atomic E-state index is 13.4. The second-order valence-electron chi connectivity index (χ2n) is 5.37. The van der Waals surface area contributed by atoms with E-state index in [0.717, 1.165) is 37.0 Å². The van der Waals surface area contributed by atoms with Crippen LogP contribution < -0.4 is 5.32 Å². The fourth-order valence-electron chi connectivity index (χ4n) is 2.19. The summed E-state index contributed by atoms with van der Waals surface area (Å²) in [4.78, 5) is 11.3. The summed E-state index contributed by atoms with van der Waals surface area (Å²) in [5.41, 5.74) is 1.60. The zero-order chi connectivity index (χ0) is 17.7. The molecule has 0 aliphatic carbocycles. The van der Waals surface area contributed by atoms with E-state index in [1.807, 2.05) is 12.1 Å². The Kier molecular flexibility index (Phi) is 5.69. The molecule has 0 heterocycles. The first-order chi connectivity index (χ1) is 11.3. The number of unbranched alkanes of at least 4 members (excludes halogenated alkanes) is 1. The van der Waals surface area contributed by atoms with Crippen LogP contribution in [0.3, 0.4) is 0 Å². The topological polar surface area (TPSA) is 83.5 Å². The van der Waals surface area contributed by atoms with Gasteiger partial charge in [-0.1, -0.05) is 25.5 Å². The van der Waals surface area contributed by atoms with Gasteiger partial charge in [-0.25, -0.2) is 4.39 Å². The van der Waals surface area contributed by atoms with Crippen molar-refractivity contribution in [3.05, 3.63) is 59.4 Å². The van der Waals surface area contributed by atoms with Gasteiger partial charge in [0.05, 0.1) is 0 Å². The van der Waals surface area contributed by atoms with Crippen LogP contribution in [0.15, 0.2) is 47.4 Å². The summed E-state index contributed by atoms with van der Waals surface area (Å²) in [6, 6.07) is 10.0. The van der Waals surface area contributed by atoms with Crippen LogP contribution >= 0.6 is 0 Å². The molecule has 5 nitrogen and oxygen atoms in total. The van der Waals surface area contributed by atoms with E-state index in [-0.39, 0.29) is 5.69 Å². The van der Waals surface area contributed by atoms with Crippen molar-refractivity contribution in [1.29, 1.82) is 0 Å². The quantitative estimate of drug-likeness (QED) is 0.778. The van der Waals surface area contributed by atoms with Crippen LogP contribution in [-0.2, 0) is 16.5 Å². The van der Waals surface area contributed by atoms with Gasteiger partial charge in [-0.15, -0.1) is 0 Å². The predicted molar refractivity (Wildman–Crippen MR) is 89.2 cm³/mol. The molecule has 0 aliphatic heterocycles. The fourth-order valence-corrected chi connectivity index (χ4v) is 2.78. The minimum atomic E-state index is -4.70. The molecule has 0 aromatic heterocycles. The molecule has 0 radical (unpaired) electrons. The minimum absolute atomic E-state index is 0.0732. The smallest absolute Gasteiger partial charge is 0.297 e. The largest absolute Gasteiger partial charge is 0.322 e. The molecule has 128 valence electrons. The number of halogens is 1. The molecular formula is C17H18FNO4S. The van der Waals surface area contributed by atoms with Gasteiger partial charge in [0.15, 0.2) is 0 Å². The number of amides is 1. The van der Waals surface area contributed by atoms with E-state index >= 15 is 0 Å². The number of nitrogens with one attached hydrogen (secondary N) is 1. The van der Waals surface area contributed by atoms with E-state index in [9.17, 15) is 17.6 Å². The Morgan fingerprint density at radius 1 is 1.17 bits per heavy atom. The predicted octanol–water partition coefficient (Wildman–Crippen LogP) is 3.67. The van der Waals surface area contributed by atoms with Crippen LogP contribution in [0.25, 0.3) is 0 Å². The summed E-state index contributed by atoms with van der Waals surface area (Å²) in [5, 5.41) is 2.48. The van der Waals surface area contributed by atoms with Crippen molar-refractivity contribution in [1.82, 2.24) is 0 Å². The Hall–Kier alpha value is -2.25. The lowest BCUT2D eigenvalue weighted by molar-refractivity contribution is 0.102. The van der Waals surface area contributed by atoms with Crippen LogP contribution in [-0.4, -0.2) is 18.9 Å². The zero-order valence-corrected chi connectivity index (χ0v) is 13.9. The second kappa shape index (κ2) is 7.55. The number of rotatable bonds is 6. The monoisotopic (exact) mass is 351 g/mol. The summed E-state index contributed by atoms with van der Waals surface area (Å²) in [5.74, 6) is -1.54. The van der Waals surface area contributed by atoms with Gasteiger partial charge in [-0.3, -0.25) is 9.35 Å². The number of hydrogen-bond donors (Lipinski definition) is 2. The first kappa shape index (κ1) is 18.1. The molecule has 0 fully saturated rings. The number of aryl methyl sites for hydroxylation is 1. The standard InChI is InChI=1S/C17H18FNO4S/c1-2-3-4-12-5-7-13(8-6-12)17(20)19-14-9-10-15(18)16(11-14)24(21,22)23/h5-11H,2-4H2,1H3,(H,19,20)(H,21,22,23). The summed E-state index contributed by atoms with van der Waals surface area (Å²) >= 11 is 0. The van der Waals surface area contributed by atoms with Crippen molar-refractivity contribution in [3.8, 4) is 0 Å². The molecule has 0 spiro atoms. The van der Waals surface area contributed by atoms with E-state index in [0.29, 0.717) is 5.56 Å². The third-order valence-electron chi connectivity index (χ3n) is 3.50. The number of hydrogen-bond acceptors (Lipinski definition) is 3. The highest BCUT2D eigenvalue weighted by molar-refractivity contribution is 7.85. The molecule has 24 heavy (non-hydrogen) atoms. The SMILES string of the molecule is CCCCc1ccc(C(=O)Nc2ccc(F)c(S(=O)(=O)O)c2)cc1. The lowest BCUT2D eigenvalue weighted by Crippen LogP contribution is -2.13. The lowest BCUT2D eigenvalue weighted by Gasteiger charge is -2.08. The molecule has 0 atom stereocenters. The van der Waals surface area contributed by atoms with Crippen molar-refractivity contribution in [2.45, 2.75) is 31.1 Å². The van der Waals surface area contributed by atoms with Gasteiger partial charge >= 0.3 is 0 Å². The molecule has 0 aliphatic rings. The average molecular weight is 351 g/mol. The Bertz CT molecular complexity index is 832. The average Bonchev–Trinajstić information content (AvgIpc) is 2.54. The van der Waals surface area contributed by atoms with Gasteiger partial charge in [-0.2, -0.15) is 8.42 Å². The molecule has 7 heteroatoms. The van der Waals surface area contributed by atoms with Gasteiger partial charge < -0.3 is 5.32 Å². The molecular weight excluding hydrogens is 333 g/mol. The first-order valence-electron chi connectivity index (χ1n) is 7.48. The molecule has 0 bridgehead atoms. The Balaban J connectivity index is 2.15. The van der Waals surface area contributed by atoms with Crippen LogP contribution in [0.1, 0.15) is 35.7 Å². The zero-order valence-electron chi connectivity index (χ0n) is 13.1. The molecule has 2 aromatic carbocycles. The van der Waals surface area contributed by atoms with E-state index in [4.69, 9.17) is 4.55 Å². The Labute approximate surface area is 140 Å². The van der Waals surface area contributed by atoms with Crippen molar-refractivity contribution in [2.75, 3.05) is 5.32 Å². The maximum Gasteiger partial charge on any atom is 0.297 e. The summed E-state index contributed by atoms with van der Waals surface area (Å²) in [6.45, 7) is 2.10. The highest BCUT2D eigenvalue weighted by atomic mass is 32.2. The maximum absolute atomic E-state index is 13.4. The molecule has 2 aromatic rings. The third-order valence-corrected chi connectivity index (χ3v) is 4.37. The number of anilines is 1. The first-order valence-corrected chi connectivity index (χ1v) is 8.92. The summed E-state index contributed by atoms with van der Waals surface area (Å²) < 4.78 is 44.6. The van der Waals surface area contributed by atoms with Crippen LogP contribution in [0.4, 0.5) is 10.1 Å². The van der Waals surface area contributed by atoms with Crippen LogP contribution in [0, 0.1) is 5.82 Å². The van der Waals surface area contributed by atoms with Gasteiger partial charge in [-0.05, 0) is 48.7 Å². The normalized spacial score (nSPS) is 11.3. The molecule has 0 saturated heterocycles.